The lowest BCUT2D eigenvalue weighted by atomic mass is 9.96. The molecule has 2 heterocycles. The van der Waals surface area contributed by atoms with Crippen LogP contribution in [0.5, 0.6) is 0 Å². The molecule has 1 aromatic heterocycles. The van der Waals surface area contributed by atoms with Crippen molar-refractivity contribution in [1.82, 2.24) is 14.5 Å². The van der Waals surface area contributed by atoms with Crippen LogP contribution in [0.2, 0.25) is 0 Å². The van der Waals surface area contributed by atoms with E-state index >= 15 is 0 Å². The Morgan fingerprint density at radius 3 is 2.52 bits per heavy atom. The number of amides is 2. The van der Waals surface area contributed by atoms with Crippen molar-refractivity contribution in [2.24, 2.45) is 5.92 Å². The summed E-state index contributed by atoms with van der Waals surface area (Å²) in [5.41, 5.74) is 1.10. The molecular formula is C20H26N4O3. The Kier molecular flexibility index (Phi) is 5.48. The summed E-state index contributed by atoms with van der Waals surface area (Å²) < 4.78 is 7.27. The first-order chi connectivity index (χ1) is 12.8. The van der Waals surface area contributed by atoms with E-state index in [1.54, 1.807) is 17.4 Å². The van der Waals surface area contributed by atoms with Gasteiger partial charge in [0.05, 0.1) is 17.7 Å². The lowest BCUT2D eigenvalue weighted by molar-refractivity contribution is -0.121. The van der Waals surface area contributed by atoms with Gasteiger partial charge in [-0.15, -0.1) is 0 Å². The van der Waals surface area contributed by atoms with Gasteiger partial charge in [0.25, 0.3) is 0 Å². The summed E-state index contributed by atoms with van der Waals surface area (Å²) in [5, 5.41) is 3.03. The van der Waals surface area contributed by atoms with Crippen LogP contribution in [-0.2, 0) is 9.53 Å². The maximum absolute atomic E-state index is 12.7. The van der Waals surface area contributed by atoms with E-state index in [9.17, 15) is 9.59 Å². The van der Waals surface area contributed by atoms with Crippen LogP contribution in [0.15, 0.2) is 43.0 Å². The van der Waals surface area contributed by atoms with Crippen molar-refractivity contribution < 1.29 is 14.3 Å². The fourth-order valence-corrected chi connectivity index (χ4v) is 3.09. The van der Waals surface area contributed by atoms with Crippen LogP contribution >= 0.6 is 0 Å². The highest BCUT2D eigenvalue weighted by atomic mass is 16.6. The smallest absolute Gasteiger partial charge is 0.410 e. The largest absolute Gasteiger partial charge is 0.444 e. The van der Waals surface area contributed by atoms with Gasteiger partial charge >= 0.3 is 6.09 Å². The van der Waals surface area contributed by atoms with E-state index in [1.807, 2.05) is 55.8 Å². The first-order valence-corrected chi connectivity index (χ1v) is 9.19. The molecule has 1 N–H and O–H groups in total. The van der Waals surface area contributed by atoms with E-state index in [1.165, 1.54) is 0 Å². The van der Waals surface area contributed by atoms with Gasteiger partial charge in [-0.2, -0.15) is 0 Å². The van der Waals surface area contributed by atoms with E-state index in [2.05, 4.69) is 10.3 Å². The van der Waals surface area contributed by atoms with E-state index in [0.717, 1.165) is 11.4 Å². The predicted molar refractivity (Wildman–Crippen MR) is 103 cm³/mol. The summed E-state index contributed by atoms with van der Waals surface area (Å²) in [5.74, 6) is -0.147. The lowest BCUT2D eigenvalue weighted by Crippen LogP contribution is -2.43. The summed E-state index contributed by atoms with van der Waals surface area (Å²) in [6.45, 7) is 6.60. The molecule has 0 spiro atoms. The molecule has 7 nitrogen and oxygen atoms in total. The Labute approximate surface area is 159 Å². The molecule has 1 aliphatic rings. The number of nitrogens with one attached hydrogen (secondary N) is 1. The van der Waals surface area contributed by atoms with Gasteiger partial charge in [-0.05, 0) is 45.7 Å². The molecule has 1 fully saturated rings. The SMILES string of the molecule is CC(C)(C)OC(=O)N1CCC(C(=O)Nc2ccccc2-n2ccnc2)CC1. The number of para-hydroxylation sites is 2. The maximum Gasteiger partial charge on any atom is 0.410 e. The Morgan fingerprint density at radius 1 is 1.19 bits per heavy atom. The highest BCUT2D eigenvalue weighted by Gasteiger charge is 2.30. The third-order valence-corrected chi connectivity index (χ3v) is 4.46. The van der Waals surface area contributed by atoms with Gasteiger partial charge in [-0.1, -0.05) is 12.1 Å². The molecule has 144 valence electrons. The van der Waals surface area contributed by atoms with Gasteiger partial charge < -0.3 is 19.5 Å². The van der Waals surface area contributed by atoms with Crippen molar-refractivity contribution in [3.63, 3.8) is 0 Å². The molecule has 1 aromatic carbocycles. The molecule has 0 saturated carbocycles. The minimum absolute atomic E-state index is 0.0218. The van der Waals surface area contributed by atoms with Crippen molar-refractivity contribution in [3.8, 4) is 5.69 Å². The van der Waals surface area contributed by atoms with Gasteiger partial charge in [0.2, 0.25) is 5.91 Å². The van der Waals surface area contributed by atoms with Crippen LogP contribution in [0.1, 0.15) is 33.6 Å². The number of carbonyl (C=O) groups excluding carboxylic acids is 2. The first kappa shape index (κ1) is 18.9. The Bertz CT molecular complexity index is 788. The molecular weight excluding hydrogens is 344 g/mol. The number of imidazole rings is 1. The molecule has 0 unspecified atom stereocenters. The molecule has 1 aliphatic heterocycles. The van der Waals surface area contributed by atoms with E-state index in [0.29, 0.717) is 25.9 Å². The monoisotopic (exact) mass is 370 g/mol. The van der Waals surface area contributed by atoms with Crippen LogP contribution in [-0.4, -0.2) is 45.1 Å². The summed E-state index contributed by atoms with van der Waals surface area (Å²) in [6, 6.07) is 7.62. The van der Waals surface area contributed by atoms with Crippen molar-refractivity contribution in [3.05, 3.63) is 43.0 Å². The fraction of sp³-hybridized carbons (Fsp3) is 0.450. The number of ether oxygens (including phenoxy) is 1. The molecule has 7 heteroatoms. The van der Waals surface area contributed by atoms with E-state index in [4.69, 9.17) is 4.74 Å². The van der Waals surface area contributed by atoms with Gasteiger partial charge in [-0.3, -0.25) is 4.79 Å². The van der Waals surface area contributed by atoms with Crippen LogP contribution in [0.4, 0.5) is 10.5 Å². The number of nitrogens with zero attached hydrogens (tertiary/aromatic N) is 3. The highest BCUT2D eigenvalue weighted by Crippen LogP contribution is 2.24. The Balaban J connectivity index is 1.59. The first-order valence-electron chi connectivity index (χ1n) is 9.19. The maximum atomic E-state index is 12.7. The normalized spacial score (nSPS) is 15.4. The number of carbonyl (C=O) groups is 2. The zero-order valence-electron chi connectivity index (χ0n) is 16.0. The Morgan fingerprint density at radius 2 is 1.89 bits per heavy atom. The third kappa shape index (κ3) is 4.87. The summed E-state index contributed by atoms with van der Waals surface area (Å²) in [7, 11) is 0. The molecule has 2 amide bonds. The third-order valence-electron chi connectivity index (χ3n) is 4.46. The van der Waals surface area contributed by atoms with Crippen LogP contribution in [0, 0.1) is 5.92 Å². The van der Waals surface area contributed by atoms with Crippen LogP contribution in [0.3, 0.4) is 0 Å². The van der Waals surface area contributed by atoms with Gasteiger partial charge in [-0.25, -0.2) is 9.78 Å². The summed E-state index contributed by atoms with van der Waals surface area (Å²) >= 11 is 0. The second kappa shape index (κ2) is 7.82. The zero-order chi connectivity index (χ0) is 19.4. The quantitative estimate of drug-likeness (QED) is 0.898. The number of aromatic nitrogens is 2. The lowest BCUT2D eigenvalue weighted by Gasteiger charge is -2.33. The highest BCUT2D eigenvalue weighted by molar-refractivity contribution is 5.94. The molecule has 2 aromatic rings. The van der Waals surface area contributed by atoms with Gasteiger partial charge in [0, 0.05) is 31.4 Å². The minimum Gasteiger partial charge on any atom is -0.444 e. The molecule has 0 radical (unpaired) electrons. The van der Waals surface area contributed by atoms with E-state index < -0.39 is 5.60 Å². The molecule has 27 heavy (non-hydrogen) atoms. The predicted octanol–water partition coefficient (Wildman–Crippen LogP) is 3.46. The molecule has 0 aliphatic carbocycles. The van der Waals surface area contributed by atoms with Crippen molar-refractivity contribution in [1.29, 1.82) is 0 Å². The van der Waals surface area contributed by atoms with Crippen LogP contribution < -0.4 is 5.32 Å². The average molecular weight is 370 g/mol. The zero-order valence-corrected chi connectivity index (χ0v) is 16.0. The summed E-state index contributed by atoms with van der Waals surface area (Å²) in [4.78, 5) is 30.6. The number of piperidine rings is 1. The second-order valence-corrected chi connectivity index (χ2v) is 7.72. The van der Waals surface area contributed by atoms with Gasteiger partial charge in [0.1, 0.15) is 5.60 Å². The number of benzene rings is 1. The van der Waals surface area contributed by atoms with Crippen molar-refractivity contribution in [2.45, 2.75) is 39.2 Å². The Hall–Kier alpha value is -2.83. The molecule has 0 atom stereocenters. The summed E-state index contributed by atoms with van der Waals surface area (Å²) in [6.07, 6.45) is 6.17. The fourth-order valence-electron chi connectivity index (χ4n) is 3.09. The molecule has 1 saturated heterocycles. The number of hydrogen-bond acceptors (Lipinski definition) is 4. The number of hydrogen-bond donors (Lipinski definition) is 1. The van der Waals surface area contributed by atoms with E-state index in [-0.39, 0.29) is 17.9 Å². The molecule has 3 rings (SSSR count). The van der Waals surface area contributed by atoms with Crippen molar-refractivity contribution in [2.75, 3.05) is 18.4 Å². The molecule has 0 bridgehead atoms. The van der Waals surface area contributed by atoms with Crippen molar-refractivity contribution >= 4 is 17.7 Å². The number of anilines is 1. The number of rotatable bonds is 3. The number of likely N-dealkylation sites (tertiary alicyclic amines) is 1. The second-order valence-electron chi connectivity index (χ2n) is 7.72. The topological polar surface area (TPSA) is 76.5 Å². The van der Waals surface area contributed by atoms with Crippen LogP contribution in [0.25, 0.3) is 5.69 Å². The minimum atomic E-state index is -0.512. The standard InChI is InChI=1S/C20H26N4O3/c1-20(2,3)27-19(26)23-11-8-15(9-12-23)18(25)22-16-6-4-5-7-17(16)24-13-10-21-14-24/h4-7,10,13-15H,8-9,11-12H2,1-3H3,(H,22,25). The average Bonchev–Trinajstić information content (AvgIpc) is 3.15. The van der Waals surface area contributed by atoms with Gasteiger partial charge in [0.15, 0.2) is 0 Å².